The van der Waals surface area contributed by atoms with Crippen molar-refractivity contribution in [3.8, 4) is 5.75 Å². The molecule has 0 bridgehead atoms. The number of amides is 2. The van der Waals surface area contributed by atoms with Crippen LogP contribution in [0.4, 0.5) is 20.2 Å². The van der Waals surface area contributed by atoms with Crippen LogP contribution in [0.15, 0.2) is 18.2 Å². The van der Waals surface area contributed by atoms with E-state index in [1.807, 2.05) is 11.8 Å². The molecular weight excluding hydrogens is 410 g/mol. The predicted octanol–water partition coefficient (Wildman–Crippen LogP) is 2.29. The average molecular weight is 443 g/mol. The maximum Gasteiger partial charge on any atom is 0.387 e. The van der Waals surface area contributed by atoms with Crippen LogP contribution in [0.2, 0.25) is 0 Å². The van der Waals surface area contributed by atoms with Gasteiger partial charge in [-0.25, -0.2) is 0 Å². The van der Waals surface area contributed by atoms with Crippen LogP contribution in [0.5, 0.6) is 5.75 Å². The van der Waals surface area contributed by atoms with Crippen LogP contribution in [0, 0.1) is 5.41 Å². The van der Waals surface area contributed by atoms with Gasteiger partial charge in [-0.2, -0.15) is 8.78 Å². The van der Waals surface area contributed by atoms with Gasteiger partial charge in [0.15, 0.2) is 5.75 Å². The highest BCUT2D eigenvalue weighted by atomic mass is 19.3. The number of nitrogens with one attached hydrogen (secondary N) is 1. The molecule has 1 aliphatic rings. The number of hydrogen-bond acceptors (Lipinski definition) is 6. The average Bonchev–Trinajstić information content (AvgIpc) is 2.67. The quantitative estimate of drug-likeness (QED) is 0.609. The molecule has 1 saturated heterocycles. The van der Waals surface area contributed by atoms with Crippen LogP contribution >= 0.6 is 0 Å². The van der Waals surface area contributed by atoms with E-state index in [1.54, 1.807) is 6.07 Å². The molecule has 10 heteroatoms. The molecule has 1 aromatic rings. The maximum absolute atomic E-state index is 13.0. The molecular formula is C21H32F2N4O4. The lowest BCUT2D eigenvalue weighted by Gasteiger charge is -2.34. The summed E-state index contributed by atoms with van der Waals surface area (Å²) >= 11 is 0. The number of morpholine rings is 1. The van der Waals surface area contributed by atoms with E-state index in [9.17, 15) is 18.4 Å². The summed E-state index contributed by atoms with van der Waals surface area (Å²) < 4.78 is 35.7. The Morgan fingerprint density at radius 1 is 1.39 bits per heavy atom. The molecule has 0 unspecified atom stereocenters. The van der Waals surface area contributed by atoms with Crippen LogP contribution < -0.4 is 20.7 Å². The number of benzene rings is 1. The third kappa shape index (κ3) is 7.12. The van der Waals surface area contributed by atoms with Gasteiger partial charge in [0, 0.05) is 31.4 Å². The third-order valence-corrected chi connectivity index (χ3v) is 4.77. The minimum absolute atomic E-state index is 0.0334. The Hall–Kier alpha value is -2.30. The first-order chi connectivity index (χ1) is 14.6. The number of anilines is 2. The van der Waals surface area contributed by atoms with Crippen LogP contribution in [0.25, 0.3) is 0 Å². The summed E-state index contributed by atoms with van der Waals surface area (Å²) in [4.78, 5) is 28.3. The van der Waals surface area contributed by atoms with Gasteiger partial charge in [0.25, 0.3) is 5.91 Å². The summed E-state index contributed by atoms with van der Waals surface area (Å²) in [5.41, 5.74) is 6.31. The van der Waals surface area contributed by atoms with Gasteiger partial charge in [0.05, 0.1) is 12.3 Å². The number of carbonyl (C=O) groups is 2. The number of alkyl halides is 2. The molecule has 0 aliphatic carbocycles. The standard InChI is InChI=1S/C21H32F2N4O4/c1-5-26(13-21(2,3)4)16(11-24)19(29)25-14-6-7-15(17(10-14)31-20(22)23)27-8-9-30-12-18(27)28/h6-7,10,16,20H,5,8-9,11-13,24H2,1-4H3,(H,25,29)/t16-/m0/s1. The number of nitrogens with zero attached hydrogens (tertiary/aromatic N) is 2. The minimum atomic E-state index is -3.08. The first-order valence-corrected chi connectivity index (χ1v) is 10.3. The molecule has 3 N–H and O–H groups in total. The highest BCUT2D eigenvalue weighted by molar-refractivity contribution is 5.98. The van der Waals surface area contributed by atoms with Gasteiger partial charge in [-0.3, -0.25) is 14.5 Å². The van der Waals surface area contributed by atoms with Crippen molar-refractivity contribution >= 4 is 23.2 Å². The topological polar surface area (TPSA) is 97.1 Å². The number of nitrogens with two attached hydrogens (primary N) is 1. The Morgan fingerprint density at radius 2 is 2.10 bits per heavy atom. The Balaban J connectivity index is 2.25. The molecule has 1 atom stereocenters. The monoisotopic (exact) mass is 442 g/mol. The van der Waals surface area contributed by atoms with E-state index in [1.165, 1.54) is 17.0 Å². The molecule has 8 nitrogen and oxygen atoms in total. The van der Waals surface area contributed by atoms with Crippen molar-refractivity contribution in [2.75, 3.05) is 49.6 Å². The fourth-order valence-corrected chi connectivity index (χ4v) is 3.48. The smallest absolute Gasteiger partial charge is 0.387 e. The highest BCUT2D eigenvalue weighted by Crippen LogP contribution is 2.33. The molecule has 2 amide bonds. The van der Waals surface area contributed by atoms with E-state index < -0.39 is 12.7 Å². The third-order valence-electron chi connectivity index (χ3n) is 4.77. The molecule has 1 aliphatic heterocycles. The number of ether oxygens (including phenoxy) is 2. The number of carbonyl (C=O) groups excluding carboxylic acids is 2. The van der Waals surface area contributed by atoms with Crippen molar-refractivity contribution in [2.24, 2.45) is 11.1 Å². The lowest BCUT2D eigenvalue weighted by molar-refractivity contribution is -0.126. The van der Waals surface area contributed by atoms with E-state index in [2.05, 4.69) is 30.8 Å². The molecule has 1 fully saturated rings. The number of rotatable bonds is 9. The SMILES string of the molecule is CCN(CC(C)(C)C)[C@@H](CN)C(=O)Nc1ccc(N2CCOCC2=O)c(OC(F)F)c1. The maximum atomic E-state index is 13.0. The molecule has 0 radical (unpaired) electrons. The normalized spacial score (nSPS) is 16.0. The number of likely N-dealkylation sites (N-methyl/N-ethyl adjacent to an activating group) is 1. The van der Waals surface area contributed by atoms with Crippen molar-refractivity contribution in [1.29, 1.82) is 0 Å². The van der Waals surface area contributed by atoms with Crippen LogP contribution in [0.3, 0.4) is 0 Å². The fourth-order valence-electron chi connectivity index (χ4n) is 3.48. The molecule has 174 valence electrons. The van der Waals surface area contributed by atoms with Crippen LogP contribution in [-0.2, 0) is 14.3 Å². The molecule has 1 heterocycles. The van der Waals surface area contributed by atoms with Gasteiger partial charge in [-0.05, 0) is 24.1 Å². The second-order valence-electron chi connectivity index (χ2n) is 8.52. The van der Waals surface area contributed by atoms with E-state index in [-0.39, 0.29) is 60.7 Å². The summed E-state index contributed by atoms with van der Waals surface area (Å²) in [6.45, 7) is 6.85. The van der Waals surface area contributed by atoms with Crippen molar-refractivity contribution in [2.45, 2.75) is 40.3 Å². The largest absolute Gasteiger partial charge is 0.433 e. The second kappa shape index (κ2) is 10.8. The molecule has 31 heavy (non-hydrogen) atoms. The summed E-state index contributed by atoms with van der Waals surface area (Å²) in [7, 11) is 0. The lowest BCUT2D eigenvalue weighted by Crippen LogP contribution is -2.51. The van der Waals surface area contributed by atoms with Gasteiger partial charge in [0.2, 0.25) is 5.91 Å². The molecule has 0 spiro atoms. The first-order valence-electron chi connectivity index (χ1n) is 10.3. The van der Waals surface area contributed by atoms with Gasteiger partial charge in [0.1, 0.15) is 12.6 Å². The van der Waals surface area contributed by atoms with Gasteiger partial charge in [-0.15, -0.1) is 0 Å². The van der Waals surface area contributed by atoms with Gasteiger partial charge >= 0.3 is 6.61 Å². The second-order valence-corrected chi connectivity index (χ2v) is 8.52. The van der Waals surface area contributed by atoms with Crippen molar-refractivity contribution < 1.29 is 27.8 Å². The van der Waals surface area contributed by atoms with Gasteiger partial charge in [-0.1, -0.05) is 27.7 Å². The zero-order valence-corrected chi connectivity index (χ0v) is 18.5. The van der Waals surface area contributed by atoms with E-state index in [0.29, 0.717) is 13.1 Å². The summed E-state index contributed by atoms with van der Waals surface area (Å²) in [5.74, 6) is -0.896. The van der Waals surface area contributed by atoms with E-state index in [4.69, 9.17) is 10.5 Å². The molecule has 2 rings (SSSR count). The Labute approximate surface area is 181 Å². The Kier molecular flexibility index (Phi) is 8.72. The van der Waals surface area contributed by atoms with Crippen LogP contribution in [0.1, 0.15) is 27.7 Å². The van der Waals surface area contributed by atoms with E-state index in [0.717, 1.165) is 0 Å². The first kappa shape index (κ1) is 25.0. The van der Waals surface area contributed by atoms with Crippen molar-refractivity contribution in [3.63, 3.8) is 0 Å². The Morgan fingerprint density at radius 3 is 2.65 bits per heavy atom. The van der Waals surface area contributed by atoms with Crippen LogP contribution in [-0.4, -0.2) is 68.8 Å². The molecule has 0 aromatic heterocycles. The number of hydrogen-bond donors (Lipinski definition) is 2. The predicted molar refractivity (Wildman–Crippen MR) is 114 cm³/mol. The highest BCUT2D eigenvalue weighted by Gasteiger charge is 2.28. The molecule has 0 saturated carbocycles. The minimum Gasteiger partial charge on any atom is -0.433 e. The summed E-state index contributed by atoms with van der Waals surface area (Å²) in [6, 6.07) is 3.72. The molecule has 1 aromatic carbocycles. The zero-order chi connectivity index (χ0) is 23.2. The van der Waals surface area contributed by atoms with Crippen molar-refractivity contribution in [3.05, 3.63) is 18.2 Å². The number of halogens is 2. The van der Waals surface area contributed by atoms with Gasteiger partial charge < -0.3 is 25.4 Å². The van der Waals surface area contributed by atoms with Crippen molar-refractivity contribution in [1.82, 2.24) is 4.90 Å². The summed E-state index contributed by atoms with van der Waals surface area (Å²) in [6.07, 6.45) is 0. The fraction of sp³-hybridized carbons (Fsp3) is 0.619. The Bertz CT molecular complexity index is 770. The summed E-state index contributed by atoms with van der Waals surface area (Å²) in [5, 5.41) is 2.73. The lowest BCUT2D eigenvalue weighted by atomic mass is 9.95. The zero-order valence-electron chi connectivity index (χ0n) is 18.5. The van der Waals surface area contributed by atoms with E-state index >= 15 is 0 Å².